The highest BCUT2D eigenvalue weighted by Crippen LogP contribution is 2.31. The molecule has 2 aromatic carbocycles. The van der Waals surface area contributed by atoms with Gasteiger partial charge < -0.3 is 0 Å². The SMILES string of the molecule is Fc1cc(-n2cccn2)c(F)c(F)c1-c1ccc(CBr)cc1. The first-order valence-electron chi connectivity index (χ1n) is 6.44. The Labute approximate surface area is 133 Å². The van der Waals surface area contributed by atoms with E-state index in [4.69, 9.17) is 0 Å². The number of alkyl halides is 1. The summed E-state index contributed by atoms with van der Waals surface area (Å²) >= 11 is 3.29. The third-order valence-electron chi connectivity index (χ3n) is 3.29. The molecule has 0 fully saturated rings. The molecule has 0 unspecified atom stereocenters. The van der Waals surface area contributed by atoms with Gasteiger partial charge in [-0.2, -0.15) is 5.10 Å². The summed E-state index contributed by atoms with van der Waals surface area (Å²) in [6.07, 6.45) is 2.82. The van der Waals surface area contributed by atoms with E-state index in [2.05, 4.69) is 21.0 Å². The third kappa shape index (κ3) is 2.54. The van der Waals surface area contributed by atoms with Gasteiger partial charge in [-0.05, 0) is 17.2 Å². The van der Waals surface area contributed by atoms with Gasteiger partial charge in [-0.15, -0.1) is 0 Å². The molecule has 22 heavy (non-hydrogen) atoms. The Morgan fingerprint density at radius 2 is 1.77 bits per heavy atom. The van der Waals surface area contributed by atoms with Crippen LogP contribution in [0.2, 0.25) is 0 Å². The van der Waals surface area contributed by atoms with Gasteiger partial charge in [0.1, 0.15) is 11.5 Å². The molecule has 0 N–H and O–H groups in total. The van der Waals surface area contributed by atoms with Crippen molar-refractivity contribution in [3.8, 4) is 16.8 Å². The van der Waals surface area contributed by atoms with Gasteiger partial charge in [-0.25, -0.2) is 17.9 Å². The Kier molecular flexibility index (Phi) is 4.02. The molecule has 0 saturated heterocycles. The second kappa shape index (κ2) is 5.96. The van der Waals surface area contributed by atoms with Crippen LogP contribution in [0.15, 0.2) is 48.8 Å². The molecule has 2 nitrogen and oxygen atoms in total. The van der Waals surface area contributed by atoms with E-state index >= 15 is 0 Å². The van der Waals surface area contributed by atoms with Gasteiger partial charge >= 0.3 is 0 Å². The van der Waals surface area contributed by atoms with E-state index in [1.807, 2.05) is 0 Å². The number of halogens is 4. The minimum Gasteiger partial charge on any atom is -0.238 e. The minimum absolute atomic E-state index is 0.263. The predicted octanol–water partition coefficient (Wildman–Crippen LogP) is 4.85. The lowest BCUT2D eigenvalue weighted by Gasteiger charge is -2.11. The first kappa shape index (κ1) is 14.8. The molecule has 0 aliphatic carbocycles. The van der Waals surface area contributed by atoms with E-state index in [1.54, 1.807) is 30.3 Å². The highest BCUT2D eigenvalue weighted by molar-refractivity contribution is 9.08. The summed E-state index contributed by atoms with van der Waals surface area (Å²) < 4.78 is 43.9. The second-order valence-electron chi connectivity index (χ2n) is 4.66. The fourth-order valence-corrected chi connectivity index (χ4v) is 2.56. The van der Waals surface area contributed by atoms with Crippen molar-refractivity contribution in [2.75, 3.05) is 0 Å². The van der Waals surface area contributed by atoms with Crippen LogP contribution in [0.25, 0.3) is 16.8 Å². The maximum Gasteiger partial charge on any atom is 0.185 e. The summed E-state index contributed by atoms with van der Waals surface area (Å²) in [6.45, 7) is 0. The molecule has 112 valence electrons. The monoisotopic (exact) mass is 366 g/mol. The fraction of sp³-hybridized carbons (Fsp3) is 0.0625. The summed E-state index contributed by atoms with van der Waals surface area (Å²) in [5, 5.41) is 4.42. The van der Waals surface area contributed by atoms with Gasteiger partial charge in [0, 0.05) is 23.8 Å². The second-order valence-corrected chi connectivity index (χ2v) is 5.22. The zero-order valence-corrected chi connectivity index (χ0v) is 12.8. The average molecular weight is 367 g/mol. The van der Waals surface area contributed by atoms with Crippen LogP contribution in [0.1, 0.15) is 5.56 Å². The average Bonchev–Trinajstić information content (AvgIpc) is 3.06. The number of rotatable bonds is 3. The van der Waals surface area contributed by atoms with Crippen molar-refractivity contribution in [2.24, 2.45) is 0 Å². The van der Waals surface area contributed by atoms with Crippen LogP contribution < -0.4 is 0 Å². The molecule has 0 atom stereocenters. The molecule has 3 aromatic rings. The summed E-state index contributed by atoms with van der Waals surface area (Å²) in [4.78, 5) is 0. The molecular formula is C16H10BrF3N2. The zero-order chi connectivity index (χ0) is 15.7. The van der Waals surface area contributed by atoms with E-state index in [9.17, 15) is 13.2 Å². The van der Waals surface area contributed by atoms with Crippen LogP contribution in [0.4, 0.5) is 13.2 Å². The maximum atomic E-state index is 14.3. The van der Waals surface area contributed by atoms with E-state index in [-0.39, 0.29) is 16.8 Å². The highest BCUT2D eigenvalue weighted by atomic mass is 79.9. The smallest absolute Gasteiger partial charge is 0.185 e. The normalized spacial score (nSPS) is 10.9. The Morgan fingerprint density at radius 1 is 1.05 bits per heavy atom. The van der Waals surface area contributed by atoms with Crippen molar-refractivity contribution in [3.63, 3.8) is 0 Å². The van der Waals surface area contributed by atoms with Crippen LogP contribution >= 0.6 is 15.9 Å². The van der Waals surface area contributed by atoms with Crippen LogP contribution in [0, 0.1) is 17.5 Å². The maximum absolute atomic E-state index is 14.3. The first-order valence-corrected chi connectivity index (χ1v) is 7.56. The molecule has 3 rings (SSSR count). The lowest BCUT2D eigenvalue weighted by molar-refractivity contribution is 0.491. The minimum atomic E-state index is -1.22. The van der Waals surface area contributed by atoms with Gasteiger partial charge in [0.15, 0.2) is 11.6 Å². The quantitative estimate of drug-likeness (QED) is 0.478. The predicted molar refractivity (Wildman–Crippen MR) is 81.5 cm³/mol. The summed E-state index contributed by atoms with van der Waals surface area (Å²) in [6, 6.07) is 9.06. The number of aromatic nitrogens is 2. The molecule has 0 aliphatic rings. The highest BCUT2D eigenvalue weighted by Gasteiger charge is 2.21. The molecule has 6 heteroatoms. The Balaban J connectivity index is 2.15. The number of hydrogen-bond acceptors (Lipinski definition) is 1. The van der Waals surface area contributed by atoms with Crippen molar-refractivity contribution in [1.82, 2.24) is 9.78 Å². The van der Waals surface area contributed by atoms with E-state index < -0.39 is 17.5 Å². The number of nitrogens with zero attached hydrogens (tertiary/aromatic N) is 2. The molecule has 0 saturated carbocycles. The summed E-state index contributed by atoms with van der Waals surface area (Å²) in [5.74, 6) is -3.20. The Hall–Kier alpha value is -2.08. The van der Waals surface area contributed by atoms with Crippen LogP contribution in [0.5, 0.6) is 0 Å². The van der Waals surface area contributed by atoms with E-state index in [1.165, 1.54) is 12.4 Å². The van der Waals surface area contributed by atoms with E-state index in [0.717, 1.165) is 16.3 Å². The molecule has 0 aliphatic heterocycles. The molecule has 0 amide bonds. The van der Waals surface area contributed by atoms with E-state index in [0.29, 0.717) is 5.33 Å². The van der Waals surface area contributed by atoms with Crippen molar-refractivity contribution in [2.45, 2.75) is 5.33 Å². The zero-order valence-electron chi connectivity index (χ0n) is 11.2. The molecule has 0 spiro atoms. The topological polar surface area (TPSA) is 17.8 Å². The van der Waals surface area contributed by atoms with Gasteiger partial charge in [0.05, 0.1) is 5.56 Å². The summed E-state index contributed by atoms with van der Waals surface area (Å²) in [5.41, 5.74) is 0.596. The third-order valence-corrected chi connectivity index (χ3v) is 3.93. The van der Waals surface area contributed by atoms with Crippen molar-refractivity contribution < 1.29 is 13.2 Å². The molecule has 0 radical (unpaired) electrons. The van der Waals surface area contributed by atoms with Crippen molar-refractivity contribution in [1.29, 1.82) is 0 Å². The Morgan fingerprint density at radius 3 is 2.36 bits per heavy atom. The first-order chi connectivity index (χ1) is 10.6. The lowest BCUT2D eigenvalue weighted by Crippen LogP contribution is -2.04. The number of hydrogen-bond donors (Lipinski definition) is 0. The van der Waals surface area contributed by atoms with Crippen LogP contribution in [-0.4, -0.2) is 9.78 Å². The molecular weight excluding hydrogens is 357 g/mol. The standard InChI is InChI=1S/C16H10BrF3N2/c17-9-10-2-4-11(5-3-10)14-12(18)8-13(15(19)16(14)20)22-7-1-6-21-22/h1-8H,9H2. The molecule has 1 aromatic heterocycles. The van der Waals surface area contributed by atoms with Gasteiger partial charge in [0.2, 0.25) is 0 Å². The molecule has 1 heterocycles. The van der Waals surface area contributed by atoms with Crippen molar-refractivity contribution >= 4 is 15.9 Å². The summed E-state index contributed by atoms with van der Waals surface area (Å²) in [7, 11) is 0. The van der Waals surface area contributed by atoms with Crippen LogP contribution in [-0.2, 0) is 5.33 Å². The van der Waals surface area contributed by atoms with Crippen molar-refractivity contribution in [3.05, 3.63) is 71.8 Å². The fourth-order valence-electron chi connectivity index (χ4n) is 2.19. The van der Waals surface area contributed by atoms with Gasteiger partial charge in [-0.1, -0.05) is 40.2 Å². The Bertz CT molecular complexity index is 799. The number of benzene rings is 2. The molecule has 0 bridgehead atoms. The lowest BCUT2D eigenvalue weighted by atomic mass is 10.0. The van der Waals surface area contributed by atoms with Gasteiger partial charge in [-0.3, -0.25) is 0 Å². The van der Waals surface area contributed by atoms with Crippen LogP contribution in [0.3, 0.4) is 0 Å². The van der Waals surface area contributed by atoms with Gasteiger partial charge in [0.25, 0.3) is 0 Å². The largest absolute Gasteiger partial charge is 0.238 e.